The van der Waals surface area contributed by atoms with E-state index < -0.39 is 32.1 Å². The lowest BCUT2D eigenvalue weighted by atomic mass is 10.3. The number of pyridine rings is 1. The van der Waals surface area contributed by atoms with Crippen molar-refractivity contribution in [2.45, 2.75) is 22.9 Å². The average Bonchev–Trinajstić information content (AvgIpc) is 2.35. The van der Waals surface area contributed by atoms with Crippen LogP contribution in [-0.4, -0.2) is 29.9 Å². The molecule has 0 aliphatic heterocycles. The summed E-state index contributed by atoms with van der Waals surface area (Å²) >= 11 is 5.22. The molecule has 1 unspecified atom stereocenters. The summed E-state index contributed by atoms with van der Waals surface area (Å²) in [5.41, 5.74) is -4.12. The number of nitriles is 1. The predicted molar refractivity (Wildman–Crippen MR) is 74.4 cm³/mol. The molecule has 0 spiro atoms. The highest BCUT2D eigenvalue weighted by Crippen LogP contribution is 2.31. The van der Waals surface area contributed by atoms with Gasteiger partial charge in [0.15, 0.2) is 9.84 Å². The smallest absolute Gasteiger partial charge is 0.244 e. The average molecular weight is 359 g/mol. The first-order valence-corrected chi connectivity index (χ1v) is 8.64. The van der Waals surface area contributed by atoms with E-state index >= 15 is 0 Å². The zero-order valence-electron chi connectivity index (χ0n) is 10.5. The van der Waals surface area contributed by atoms with Gasteiger partial charge in [-0.3, -0.25) is 0 Å². The monoisotopic (exact) mass is 358 g/mol. The Balaban J connectivity index is 2.70. The van der Waals surface area contributed by atoms with Gasteiger partial charge >= 0.3 is 5.51 Å². The zero-order chi connectivity index (χ0) is 16.1. The van der Waals surface area contributed by atoms with Crippen molar-refractivity contribution in [3.8, 4) is 6.07 Å². The van der Waals surface area contributed by atoms with Gasteiger partial charge in [-0.15, -0.1) is 0 Å². The molecule has 0 amide bonds. The van der Waals surface area contributed by atoms with Gasteiger partial charge in [-0.1, -0.05) is 29.4 Å². The highest BCUT2D eigenvalue weighted by molar-refractivity contribution is 8.00. The second-order valence-electron chi connectivity index (χ2n) is 4.00. The highest BCUT2D eigenvalue weighted by Gasteiger charge is 2.31. The summed E-state index contributed by atoms with van der Waals surface area (Å²) in [5.74, 6) is -0.952. The van der Waals surface area contributed by atoms with Crippen molar-refractivity contribution in [3.05, 3.63) is 29.0 Å². The summed E-state index contributed by atoms with van der Waals surface area (Å²) in [4.78, 5) is 3.71. The molecule has 4 nitrogen and oxygen atoms in total. The number of hydrogen-bond acceptors (Lipinski definition) is 5. The van der Waals surface area contributed by atoms with Gasteiger partial charge in [-0.2, -0.15) is 18.4 Å². The standard InChI is InChI=1S/C11H10ClF3N2O2S2/c12-10-2-1-8(6-17-10)7-21(18,19)9(5-16)3-4-20-11(13,14)15/h1-2,6,9H,3-4,7H2. The number of alkyl halides is 3. The number of aromatic nitrogens is 1. The normalized spacial score (nSPS) is 13.7. The summed E-state index contributed by atoms with van der Waals surface area (Å²) in [6.45, 7) is 0. The maximum Gasteiger partial charge on any atom is 0.441 e. The minimum Gasteiger partial charge on any atom is -0.244 e. The lowest BCUT2D eigenvalue weighted by Gasteiger charge is -2.11. The molecule has 21 heavy (non-hydrogen) atoms. The molecule has 1 aromatic rings. The first-order valence-electron chi connectivity index (χ1n) is 5.56. The Hall–Kier alpha value is -0.980. The summed E-state index contributed by atoms with van der Waals surface area (Å²) in [5, 5.41) is 7.56. The molecule has 0 aliphatic carbocycles. The highest BCUT2D eigenvalue weighted by atomic mass is 35.5. The Bertz CT molecular complexity index is 612. The van der Waals surface area contributed by atoms with Gasteiger partial charge in [-0.05, 0) is 18.1 Å². The van der Waals surface area contributed by atoms with Crippen molar-refractivity contribution in [2.24, 2.45) is 0 Å². The fourth-order valence-electron chi connectivity index (χ4n) is 1.43. The molecule has 10 heteroatoms. The van der Waals surface area contributed by atoms with Crippen LogP contribution in [0, 0.1) is 11.3 Å². The summed E-state index contributed by atoms with van der Waals surface area (Å²) in [6, 6.07) is 4.38. The van der Waals surface area contributed by atoms with Crippen molar-refractivity contribution in [2.75, 3.05) is 5.75 Å². The van der Waals surface area contributed by atoms with Crippen LogP contribution in [0.5, 0.6) is 0 Å². The molecule has 1 atom stereocenters. The van der Waals surface area contributed by atoms with Gasteiger partial charge < -0.3 is 0 Å². The number of halogens is 4. The van der Waals surface area contributed by atoms with E-state index in [0.29, 0.717) is 5.56 Å². The van der Waals surface area contributed by atoms with Gasteiger partial charge in [0.05, 0.1) is 11.8 Å². The van der Waals surface area contributed by atoms with Crippen molar-refractivity contribution in [3.63, 3.8) is 0 Å². The fourth-order valence-corrected chi connectivity index (χ4v) is 3.75. The van der Waals surface area contributed by atoms with Crippen LogP contribution >= 0.6 is 23.4 Å². The Morgan fingerprint density at radius 2 is 2.10 bits per heavy atom. The molecular weight excluding hydrogens is 349 g/mol. The topological polar surface area (TPSA) is 70.8 Å². The van der Waals surface area contributed by atoms with Gasteiger partial charge in [0, 0.05) is 11.9 Å². The lowest BCUT2D eigenvalue weighted by Crippen LogP contribution is -2.22. The fraction of sp³-hybridized carbons (Fsp3) is 0.455. The molecule has 0 fully saturated rings. The Morgan fingerprint density at radius 1 is 1.43 bits per heavy atom. The van der Waals surface area contributed by atoms with Crippen molar-refractivity contribution in [1.29, 1.82) is 5.26 Å². The molecule has 1 heterocycles. The van der Waals surface area contributed by atoms with Crippen molar-refractivity contribution in [1.82, 2.24) is 4.98 Å². The number of thioether (sulfide) groups is 1. The van der Waals surface area contributed by atoms with Gasteiger partial charge in [-0.25, -0.2) is 13.4 Å². The first-order chi connectivity index (χ1) is 9.64. The van der Waals surface area contributed by atoms with Crippen molar-refractivity contribution < 1.29 is 21.6 Å². The van der Waals surface area contributed by atoms with E-state index in [-0.39, 0.29) is 23.3 Å². The maximum absolute atomic E-state index is 12.0. The van der Waals surface area contributed by atoms with Crippen LogP contribution in [-0.2, 0) is 15.6 Å². The second-order valence-corrected chi connectivity index (χ2v) is 7.73. The molecule has 0 saturated carbocycles. The first kappa shape index (κ1) is 18.1. The third kappa shape index (κ3) is 6.54. The Morgan fingerprint density at radius 3 is 2.57 bits per heavy atom. The van der Waals surface area contributed by atoms with Crippen molar-refractivity contribution >= 4 is 33.2 Å². The summed E-state index contributed by atoms with van der Waals surface area (Å²) < 4.78 is 60.0. The van der Waals surface area contributed by atoms with E-state index in [1.54, 1.807) is 6.07 Å². The molecular formula is C11H10ClF3N2O2S2. The molecule has 1 aromatic heterocycles. The largest absolute Gasteiger partial charge is 0.441 e. The van der Waals surface area contributed by atoms with Crippen LogP contribution in [0.2, 0.25) is 5.15 Å². The Labute approximate surface area is 129 Å². The van der Waals surface area contributed by atoms with E-state index in [0.717, 1.165) is 0 Å². The number of hydrogen-bond donors (Lipinski definition) is 0. The second kappa shape index (κ2) is 7.33. The summed E-state index contributed by atoms with van der Waals surface area (Å²) in [6.07, 6.45) is 0.864. The third-order valence-corrected chi connectivity index (χ3v) is 5.31. The minimum absolute atomic E-state index is 0.189. The van der Waals surface area contributed by atoms with Crippen LogP contribution in [0.4, 0.5) is 13.2 Å². The van der Waals surface area contributed by atoms with Crippen LogP contribution in [0.25, 0.3) is 0 Å². The van der Waals surface area contributed by atoms with E-state index in [1.165, 1.54) is 18.3 Å². The Kier molecular flexibility index (Phi) is 6.31. The number of sulfone groups is 1. The number of rotatable bonds is 6. The molecule has 0 aliphatic rings. The zero-order valence-corrected chi connectivity index (χ0v) is 12.9. The molecule has 0 aromatic carbocycles. The molecule has 1 rings (SSSR count). The van der Waals surface area contributed by atoms with E-state index in [9.17, 15) is 21.6 Å². The summed E-state index contributed by atoms with van der Waals surface area (Å²) in [7, 11) is -3.88. The van der Waals surface area contributed by atoms with E-state index in [2.05, 4.69) is 4.98 Å². The van der Waals surface area contributed by atoms with E-state index in [4.69, 9.17) is 16.9 Å². The minimum atomic E-state index is -4.44. The SMILES string of the molecule is N#CC(CCSC(F)(F)F)S(=O)(=O)Cc1ccc(Cl)nc1. The third-order valence-electron chi connectivity index (χ3n) is 2.38. The molecule has 116 valence electrons. The van der Waals surface area contributed by atoms with Gasteiger partial charge in [0.2, 0.25) is 0 Å². The quantitative estimate of drug-likeness (QED) is 0.730. The van der Waals surface area contributed by atoms with E-state index in [1.807, 2.05) is 0 Å². The predicted octanol–water partition coefficient (Wildman–Crippen LogP) is 3.19. The molecule has 0 bridgehead atoms. The lowest BCUT2D eigenvalue weighted by molar-refractivity contribution is -0.0327. The van der Waals surface area contributed by atoms with Crippen LogP contribution in [0.3, 0.4) is 0 Å². The van der Waals surface area contributed by atoms with Crippen LogP contribution < -0.4 is 0 Å². The molecule has 0 N–H and O–H groups in total. The molecule has 0 radical (unpaired) electrons. The van der Waals surface area contributed by atoms with Gasteiger partial charge in [0.25, 0.3) is 0 Å². The number of nitrogens with zero attached hydrogens (tertiary/aromatic N) is 2. The maximum atomic E-state index is 12.0. The van der Waals surface area contributed by atoms with Gasteiger partial charge in [0.1, 0.15) is 10.4 Å². The van der Waals surface area contributed by atoms with Crippen LogP contribution in [0.1, 0.15) is 12.0 Å². The van der Waals surface area contributed by atoms with Crippen LogP contribution in [0.15, 0.2) is 18.3 Å². The molecule has 0 saturated heterocycles.